The van der Waals surface area contributed by atoms with Gasteiger partial charge in [-0.2, -0.15) is 0 Å². The van der Waals surface area contributed by atoms with Gasteiger partial charge in [-0.25, -0.2) is 13.8 Å². The van der Waals surface area contributed by atoms with Crippen LogP contribution in [0.3, 0.4) is 0 Å². The Balaban J connectivity index is 2.09. The molecule has 0 saturated heterocycles. The summed E-state index contributed by atoms with van der Waals surface area (Å²) in [6, 6.07) is 3.50. The Morgan fingerprint density at radius 2 is 2.00 bits per heavy atom. The van der Waals surface area contributed by atoms with Crippen molar-refractivity contribution < 1.29 is 18.3 Å². The van der Waals surface area contributed by atoms with E-state index in [9.17, 15) is 13.9 Å². The summed E-state index contributed by atoms with van der Waals surface area (Å²) in [7, 11) is 1.85. The first-order valence-electron chi connectivity index (χ1n) is 6.55. The van der Waals surface area contributed by atoms with Crippen molar-refractivity contribution in [3.8, 4) is 11.5 Å². The maximum absolute atomic E-state index is 13.2. The molecule has 0 aliphatic heterocycles. The number of hydrogen-bond donors (Lipinski definition) is 1. The number of likely N-dealkylation sites (N-methyl/N-ethyl adjacent to an activating group) is 1. The number of aromatic nitrogens is 1. The summed E-state index contributed by atoms with van der Waals surface area (Å²) in [5.41, 5.74) is 0.230. The van der Waals surface area contributed by atoms with Crippen LogP contribution in [-0.4, -0.2) is 34.2 Å². The highest BCUT2D eigenvalue weighted by molar-refractivity contribution is 5.53. The lowest BCUT2D eigenvalue weighted by atomic mass is 10.1. The van der Waals surface area contributed by atoms with Gasteiger partial charge in [0, 0.05) is 18.7 Å². The summed E-state index contributed by atoms with van der Waals surface area (Å²) in [6.07, 6.45) is 1.47. The van der Waals surface area contributed by atoms with Crippen LogP contribution in [0.1, 0.15) is 19.5 Å². The number of hydrogen-bond acceptors (Lipinski definition) is 4. The van der Waals surface area contributed by atoms with Gasteiger partial charge < -0.3 is 9.52 Å². The average Bonchev–Trinajstić information content (AvgIpc) is 2.78. The fourth-order valence-corrected chi connectivity index (χ4v) is 2.13. The second-order valence-corrected chi connectivity index (χ2v) is 5.76. The normalized spacial score (nSPS) is 12.1. The molecule has 2 aromatic rings. The lowest BCUT2D eigenvalue weighted by Crippen LogP contribution is -2.35. The molecule has 0 radical (unpaired) electrons. The van der Waals surface area contributed by atoms with E-state index in [0.29, 0.717) is 24.3 Å². The Morgan fingerprint density at radius 1 is 1.29 bits per heavy atom. The molecule has 0 aliphatic carbocycles. The van der Waals surface area contributed by atoms with Crippen molar-refractivity contribution in [1.82, 2.24) is 9.88 Å². The van der Waals surface area contributed by atoms with Crippen LogP contribution in [0.15, 0.2) is 28.9 Å². The highest BCUT2D eigenvalue weighted by Crippen LogP contribution is 2.21. The molecule has 6 heteroatoms. The van der Waals surface area contributed by atoms with Gasteiger partial charge in [0.05, 0.1) is 11.3 Å². The zero-order valence-electron chi connectivity index (χ0n) is 12.2. The van der Waals surface area contributed by atoms with Crippen molar-refractivity contribution in [2.45, 2.75) is 26.0 Å². The second kappa shape index (κ2) is 5.91. The molecule has 0 atom stereocenters. The molecule has 1 aromatic heterocycles. The van der Waals surface area contributed by atoms with E-state index >= 15 is 0 Å². The van der Waals surface area contributed by atoms with Crippen LogP contribution in [0.25, 0.3) is 11.5 Å². The monoisotopic (exact) mass is 296 g/mol. The highest BCUT2D eigenvalue weighted by atomic mass is 19.2. The summed E-state index contributed by atoms with van der Waals surface area (Å²) in [5, 5.41) is 9.74. The molecule has 4 nitrogen and oxygen atoms in total. The minimum absolute atomic E-state index is 0.237. The maximum Gasteiger partial charge on any atom is 0.226 e. The third-order valence-electron chi connectivity index (χ3n) is 2.81. The molecule has 0 saturated carbocycles. The van der Waals surface area contributed by atoms with Crippen LogP contribution in [-0.2, 0) is 6.54 Å². The number of nitrogens with zero attached hydrogens (tertiary/aromatic N) is 2. The molecule has 1 heterocycles. The molecule has 0 aliphatic rings. The van der Waals surface area contributed by atoms with E-state index in [-0.39, 0.29) is 5.89 Å². The molecule has 0 spiro atoms. The number of halogens is 2. The Labute approximate surface area is 122 Å². The van der Waals surface area contributed by atoms with E-state index in [2.05, 4.69) is 4.98 Å². The van der Waals surface area contributed by atoms with Crippen molar-refractivity contribution in [3.05, 3.63) is 41.8 Å². The Morgan fingerprint density at radius 3 is 2.62 bits per heavy atom. The summed E-state index contributed by atoms with van der Waals surface area (Å²) >= 11 is 0. The van der Waals surface area contributed by atoms with E-state index in [1.165, 1.54) is 12.3 Å². The van der Waals surface area contributed by atoms with Gasteiger partial charge in [0.1, 0.15) is 6.26 Å². The van der Waals surface area contributed by atoms with Gasteiger partial charge in [-0.15, -0.1) is 0 Å². The van der Waals surface area contributed by atoms with E-state index < -0.39 is 17.2 Å². The topological polar surface area (TPSA) is 49.5 Å². The molecule has 0 unspecified atom stereocenters. The molecular formula is C15H18F2N2O2. The van der Waals surface area contributed by atoms with Gasteiger partial charge in [-0.05, 0) is 39.1 Å². The molecule has 2 rings (SSSR count). The van der Waals surface area contributed by atoms with E-state index in [0.717, 1.165) is 12.1 Å². The molecule has 0 amide bonds. The second-order valence-electron chi connectivity index (χ2n) is 5.76. The number of rotatable bonds is 5. The van der Waals surface area contributed by atoms with Crippen molar-refractivity contribution in [2.24, 2.45) is 0 Å². The minimum atomic E-state index is -0.939. The van der Waals surface area contributed by atoms with Crippen LogP contribution < -0.4 is 0 Å². The summed E-state index contributed by atoms with van der Waals surface area (Å²) in [5.74, 6) is -1.61. The van der Waals surface area contributed by atoms with Crippen molar-refractivity contribution in [2.75, 3.05) is 13.6 Å². The molecule has 1 N–H and O–H groups in total. The fourth-order valence-electron chi connectivity index (χ4n) is 2.13. The van der Waals surface area contributed by atoms with Crippen LogP contribution in [0.2, 0.25) is 0 Å². The molecule has 21 heavy (non-hydrogen) atoms. The van der Waals surface area contributed by atoms with Crippen LogP contribution in [0.5, 0.6) is 0 Å². The smallest absolute Gasteiger partial charge is 0.226 e. The third-order valence-corrected chi connectivity index (χ3v) is 2.81. The first-order valence-corrected chi connectivity index (χ1v) is 6.55. The molecule has 0 bridgehead atoms. The quantitative estimate of drug-likeness (QED) is 0.921. The molecule has 1 aromatic carbocycles. The zero-order valence-corrected chi connectivity index (χ0v) is 12.2. The van der Waals surface area contributed by atoms with Gasteiger partial charge in [-0.1, -0.05) is 0 Å². The standard InChI is InChI=1S/C15H18F2N2O2/c1-15(2,20)9-19(3)7-11-8-21-14(18-11)10-4-5-12(16)13(17)6-10/h4-6,8,20H,7,9H2,1-3H3. The number of oxazole rings is 1. The first kappa shape index (κ1) is 15.6. The predicted molar refractivity (Wildman–Crippen MR) is 74.5 cm³/mol. The number of aliphatic hydroxyl groups is 1. The van der Waals surface area contributed by atoms with E-state index in [1.807, 2.05) is 11.9 Å². The molecule has 114 valence electrons. The SMILES string of the molecule is CN(Cc1coc(-c2ccc(F)c(F)c2)n1)CC(C)(C)O. The third kappa shape index (κ3) is 4.34. The zero-order chi connectivity index (χ0) is 15.6. The predicted octanol–water partition coefficient (Wildman–Crippen LogP) is 2.82. The van der Waals surface area contributed by atoms with Crippen LogP contribution in [0.4, 0.5) is 8.78 Å². The van der Waals surface area contributed by atoms with Crippen molar-refractivity contribution in [3.63, 3.8) is 0 Å². The maximum atomic E-state index is 13.2. The van der Waals surface area contributed by atoms with Crippen LogP contribution >= 0.6 is 0 Å². The first-order chi connectivity index (χ1) is 9.74. The Kier molecular flexibility index (Phi) is 4.39. The number of benzene rings is 1. The molecular weight excluding hydrogens is 278 g/mol. The van der Waals surface area contributed by atoms with Gasteiger partial charge in [0.25, 0.3) is 0 Å². The van der Waals surface area contributed by atoms with E-state index in [1.54, 1.807) is 13.8 Å². The summed E-state index contributed by atoms with van der Waals surface area (Å²) < 4.78 is 31.4. The Bertz CT molecular complexity index is 620. The van der Waals surface area contributed by atoms with Gasteiger partial charge >= 0.3 is 0 Å². The minimum Gasteiger partial charge on any atom is -0.444 e. The lowest BCUT2D eigenvalue weighted by molar-refractivity contribution is 0.0421. The fraction of sp³-hybridized carbons (Fsp3) is 0.400. The highest BCUT2D eigenvalue weighted by Gasteiger charge is 2.17. The van der Waals surface area contributed by atoms with Crippen molar-refractivity contribution in [1.29, 1.82) is 0 Å². The van der Waals surface area contributed by atoms with Crippen molar-refractivity contribution >= 4 is 0 Å². The molecule has 0 fully saturated rings. The average molecular weight is 296 g/mol. The summed E-state index contributed by atoms with van der Waals surface area (Å²) in [6.45, 7) is 4.40. The summed E-state index contributed by atoms with van der Waals surface area (Å²) in [4.78, 5) is 6.14. The van der Waals surface area contributed by atoms with Gasteiger partial charge in [0.15, 0.2) is 11.6 Å². The Hall–Kier alpha value is -1.79. The van der Waals surface area contributed by atoms with Gasteiger partial charge in [0.2, 0.25) is 5.89 Å². The van der Waals surface area contributed by atoms with E-state index in [4.69, 9.17) is 4.42 Å². The largest absolute Gasteiger partial charge is 0.444 e. The lowest BCUT2D eigenvalue weighted by Gasteiger charge is -2.24. The van der Waals surface area contributed by atoms with Gasteiger partial charge in [-0.3, -0.25) is 4.90 Å². The van der Waals surface area contributed by atoms with Crippen LogP contribution in [0, 0.1) is 11.6 Å².